The van der Waals surface area contributed by atoms with E-state index in [0.717, 1.165) is 0 Å². The van der Waals surface area contributed by atoms with Crippen molar-refractivity contribution in [1.29, 1.82) is 0 Å². The smallest absolute Gasteiger partial charge is 0.246 e. The van der Waals surface area contributed by atoms with Crippen molar-refractivity contribution >= 4 is 10.0 Å². The highest BCUT2D eigenvalue weighted by Gasteiger charge is 2.34. The van der Waals surface area contributed by atoms with Crippen molar-refractivity contribution in [2.24, 2.45) is 0 Å². The molecule has 1 atom stereocenters. The third-order valence-corrected chi connectivity index (χ3v) is 5.82. The maximum atomic E-state index is 12.9. The third-order valence-electron chi connectivity index (χ3n) is 4.00. The first-order valence-corrected chi connectivity index (χ1v) is 9.72. The summed E-state index contributed by atoms with van der Waals surface area (Å²) < 4.78 is 40.0. The van der Waals surface area contributed by atoms with Crippen molar-refractivity contribution in [2.75, 3.05) is 19.7 Å². The van der Waals surface area contributed by atoms with Crippen LogP contribution in [0.25, 0.3) is 0 Å². The summed E-state index contributed by atoms with van der Waals surface area (Å²) in [5.74, 6) is 0.921. The Kier molecular flexibility index (Phi) is 4.94. The van der Waals surface area contributed by atoms with Crippen LogP contribution in [0.3, 0.4) is 0 Å². The highest BCUT2D eigenvalue weighted by Crippen LogP contribution is 2.27. The predicted octanol–water partition coefficient (Wildman–Crippen LogP) is 1.73. The number of aromatic nitrogens is 4. The molecule has 0 unspecified atom stereocenters. The fourth-order valence-corrected chi connectivity index (χ4v) is 3.85. The first-order valence-electron chi connectivity index (χ1n) is 8.28. The minimum atomic E-state index is -3.65. The van der Waals surface area contributed by atoms with E-state index in [9.17, 15) is 8.42 Å². The Morgan fingerprint density at radius 2 is 2.00 bits per heavy atom. The topological polar surface area (TPSA) is 103 Å². The van der Waals surface area contributed by atoms with Crippen LogP contribution in [0.15, 0.2) is 21.7 Å². The van der Waals surface area contributed by atoms with E-state index in [0.29, 0.717) is 11.8 Å². The van der Waals surface area contributed by atoms with Gasteiger partial charge in [0.2, 0.25) is 21.8 Å². The molecular formula is C15H23N5O4S. The SMILES string of the molecule is CC(C)c1nnc([C@H]2CN(S(=O)(=O)c3cnn(C(C)C)c3)CCO2)o1. The molecule has 138 valence electrons. The molecule has 0 radical (unpaired) electrons. The van der Waals surface area contributed by atoms with Crippen LogP contribution in [0.1, 0.15) is 57.5 Å². The Morgan fingerprint density at radius 1 is 1.24 bits per heavy atom. The van der Waals surface area contributed by atoms with Crippen molar-refractivity contribution < 1.29 is 17.6 Å². The molecule has 3 heterocycles. The zero-order valence-corrected chi connectivity index (χ0v) is 15.6. The normalized spacial score (nSPS) is 19.8. The van der Waals surface area contributed by atoms with Crippen LogP contribution in [0.5, 0.6) is 0 Å². The van der Waals surface area contributed by atoms with E-state index in [1.807, 2.05) is 27.7 Å². The molecule has 0 aliphatic carbocycles. The maximum absolute atomic E-state index is 12.9. The van der Waals surface area contributed by atoms with Gasteiger partial charge in [-0.05, 0) is 13.8 Å². The fraction of sp³-hybridized carbons (Fsp3) is 0.667. The van der Waals surface area contributed by atoms with Gasteiger partial charge >= 0.3 is 0 Å². The van der Waals surface area contributed by atoms with Crippen molar-refractivity contribution in [3.8, 4) is 0 Å². The van der Waals surface area contributed by atoms with Crippen LogP contribution in [0, 0.1) is 0 Å². The second-order valence-electron chi connectivity index (χ2n) is 6.61. The molecule has 0 aromatic carbocycles. The van der Waals surface area contributed by atoms with Crippen LogP contribution < -0.4 is 0 Å². The Balaban J connectivity index is 1.79. The molecule has 0 spiro atoms. The highest BCUT2D eigenvalue weighted by molar-refractivity contribution is 7.89. The van der Waals surface area contributed by atoms with Gasteiger partial charge in [0.25, 0.3) is 0 Å². The Bertz CT molecular complexity index is 827. The van der Waals surface area contributed by atoms with Crippen LogP contribution >= 0.6 is 0 Å². The predicted molar refractivity (Wildman–Crippen MR) is 88.5 cm³/mol. The third kappa shape index (κ3) is 3.60. The number of hydrogen-bond donors (Lipinski definition) is 0. The Labute approximate surface area is 147 Å². The van der Waals surface area contributed by atoms with Gasteiger partial charge in [0, 0.05) is 31.2 Å². The molecule has 10 heteroatoms. The maximum Gasteiger partial charge on any atom is 0.246 e. The summed E-state index contributed by atoms with van der Waals surface area (Å²) in [4.78, 5) is 0.176. The largest absolute Gasteiger partial charge is 0.422 e. The van der Waals surface area contributed by atoms with Gasteiger partial charge in [0.15, 0.2) is 0 Å². The zero-order valence-electron chi connectivity index (χ0n) is 14.8. The van der Waals surface area contributed by atoms with Crippen molar-refractivity contribution in [3.63, 3.8) is 0 Å². The van der Waals surface area contributed by atoms with Crippen molar-refractivity contribution in [1.82, 2.24) is 24.3 Å². The summed E-state index contributed by atoms with van der Waals surface area (Å²) in [7, 11) is -3.65. The molecule has 0 N–H and O–H groups in total. The lowest BCUT2D eigenvalue weighted by molar-refractivity contribution is -0.0179. The number of sulfonamides is 1. The van der Waals surface area contributed by atoms with Gasteiger partial charge < -0.3 is 9.15 Å². The summed E-state index contributed by atoms with van der Waals surface area (Å²) in [5.41, 5.74) is 0. The highest BCUT2D eigenvalue weighted by atomic mass is 32.2. The summed E-state index contributed by atoms with van der Waals surface area (Å²) in [6.45, 7) is 8.45. The van der Waals surface area contributed by atoms with E-state index < -0.39 is 16.1 Å². The lowest BCUT2D eigenvalue weighted by Gasteiger charge is -2.30. The molecule has 1 saturated heterocycles. The molecule has 0 amide bonds. The molecule has 9 nitrogen and oxygen atoms in total. The summed E-state index contributed by atoms with van der Waals surface area (Å²) in [6, 6.07) is 0.0919. The molecular weight excluding hydrogens is 346 g/mol. The van der Waals surface area contributed by atoms with E-state index in [-0.39, 0.29) is 36.6 Å². The monoisotopic (exact) mass is 369 g/mol. The Hall–Kier alpha value is -1.78. The standard InChI is InChI=1S/C15H23N5O4S/c1-10(2)14-17-18-15(24-14)13-9-19(5-6-23-13)25(21,22)12-7-16-20(8-12)11(3)4/h7-8,10-11,13H,5-6,9H2,1-4H3/t13-/m1/s1. The minimum Gasteiger partial charge on any atom is -0.422 e. The lowest BCUT2D eigenvalue weighted by atomic mass is 10.2. The average Bonchev–Trinajstić information content (AvgIpc) is 3.25. The van der Waals surface area contributed by atoms with Crippen molar-refractivity contribution in [3.05, 3.63) is 24.2 Å². The van der Waals surface area contributed by atoms with Crippen LogP contribution in [0.2, 0.25) is 0 Å². The molecule has 1 fully saturated rings. The van der Waals surface area contributed by atoms with Gasteiger partial charge in [-0.3, -0.25) is 4.68 Å². The van der Waals surface area contributed by atoms with E-state index in [2.05, 4.69) is 15.3 Å². The summed E-state index contributed by atoms with van der Waals surface area (Å²) >= 11 is 0. The number of ether oxygens (including phenoxy) is 1. The molecule has 2 aromatic rings. The minimum absolute atomic E-state index is 0.0919. The second kappa shape index (κ2) is 6.85. The number of morpholine rings is 1. The molecule has 0 bridgehead atoms. The lowest BCUT2D eigenvalue weighted by Crippen LogP contribution is -2.42. The Morgan fingerprint density at radius 3 is 2.60 bits per heavy atom. The quantitative estimate of drug-likeness (QED) is 0.790. The van der Waals surface area contributed by atoms with Crippen LogP contribution in [-0.2, 0) is 14.8 Å². The fourth-order valence-electron chi connectivity index (χ4n) is 2.49. The second-order valence-corrected chi connectivity index (χ2v) is 8.54. The van der Waals surface area contributed by atoms with Gasteiger partial charge in [-0.2, -0.15) is 9.40 Å². The van der Waals surface area contributed by atoms with Gasteiger partial charge in [0.05, 0.1) is 12.8 Å². The first kappa shape index (κ1) is 18.0. The molecule has 1 aliphatic heterocycles. The van der Waals surface area contributed by atoms with Gasteiger partial charge in [-0.25, -0.2) is 8.42 Å². The van der Waals surface area contributed by atoms with E-state index >= 15 is 0 Å². The molecule has 3 rings (SSSR count). The number of nitrogens with zero attached hydrogens (tertiary/aromatic N) is 5. The molecule has 25 heavy (non-hydrogen) atoms. The van der Waals surface area contributed by atoms with Crippen molar-refractivity contribution in [2.45, 2.75) is 50.7 Å². The molecule has 1 aliphatic rings. The van der Waals surface area contributed by atoms with Gasteiger partial charge in [0.1, 0.15) is 11.0 Å². The van der Waals surface area contributed by atoms with Crippen LogP contribution in [0.4, 0.5) is 0 Å². The van der Waals surface area contributed by atoms with E-state index in [4.69, 9.17) is 9.15 Å². The average molecular weight is 369 g/mol. The van der Waals surface area contributed by atoms with E-state index in [1.165, 1.54) is 10.5 Å². The van der Waals surface area contributed by atoms with Gasteiger partial charge in [-0.1, -0.05) is 13.8 Å². The first-order chi connectivity index (χ1) is 11.8. The molecule has 2 aromatic heterocycles. The number of rotatable bonds is 5. The van der Waals surface area contributed by atoms with Crippen LogP contribution in [-0.4, -0.2) is 52.4 Å². The summed E-state index contributed by atoms with van der Waals surface area (Å²) in [5, 5.41) is 12.1. The van der Waals surface area contributed by atoms with Gasteiger partial charge in [-0.15, -0.1) is 10.2 Å². The summed E-state index contributed by atoms with van der Waals surface area (Å²) in [6.07, 6.45) is 2.36. The van der Waals surface area contributed by atoms with E-state index in [1.54, 1.807) is 10.9 Å². The molecule has 0 saturated carbocycles. The zero-order chi connectivity index (χ0) is 18.2. The number of hydrogen-bond acceptors (Lipinski definition) is 7.